The largest absolute Gasteiger partial charge is 0.468 e. The van der Waals surface area contributed by atoms with E-state index < -0.39 is 0 Å². The molecule has 0 aromatic carbocycles. The summed E-state index contributed by atoms with van der Waals surface area (Å²) in [6.07, 6.45) is 5.75. The monoisotopic (exact) mass is 263 g/mol. The minimum absolute atomic E-state index is 0.100. The molecule has 0 aliphatic carbocycles. The Hall–Kier alpha value is -0.840. The summed E-state index contributed by atoms with van der Waals surface area (Å²) in [4.78, 5) is 5.16. The smallest absolute Gasteiger partial charge is 0.122 e. The molecule has 106 valence electrons. The van der Waals surface area contributed by atoms with E-state index in [4.69, 9.17) is 10.2 Å². The number of nitrogens with zero attached hydrogens (tertiary/aromatic N) is 2. The summed E-state index contributed by atoms with van der Waals surface area (Å²) in [5.41, 5.74) is 6.19. The standard InChI is InChI=1S/C15H25N3O/c1-12(16)15(14-5-4-10-19-14)18-9-6-13(11-18)17-7-2-3-8-17/h4-5,10,12-13,15H,2-3,6-9,11,16H2,1H3. The first-order valence-corrected chi connectivity index (χ1v) is 7.53. The van der Waals surface area contributed by atoms with E-state index in [1.807, 2.05) is 6.07 Å². The highest BCUT2D eigenvalue weighted by atomic mass is 16.3. The zero-order valence-electron chi connectivity index (χ0n) is 11.8. The fourth-order valence-corrected chi connectivity index (χ4v) is 3.66. The summed E-state index contributed by atoms with van der Waals surface area (Å²) in [6, 6.07) is 5.06. The normalized spacial score (nSPS) is 28.8. The average Bonchev–Trinajstić information content (AvgIpc) is 3.11. The van der Waals surface area contributed by atoms with Crippen LogP contribution in [0.15, 0.2) is 22.8 Å². The van der Waals surface area contributed by atoms with Gasteiger partial charge in [-0.3, -0.25) is 9.80 Å². The molecule has 2 aliphatic heterocycles. The van der Waals surface area contributed by atoms with E-state index in [2.05, 4.69) is 22.8 Å². The molecule has 2 saturated heterocycles. The predicted octanol–water partition coefficient (Wildman–Crippen LogP) is 1.84. The number of hydrogen-bond acceptors (Lipinski definition) is 4. The molecule has 1 aromatic heterocycles. The SMILES string of the molecule is CC(N)C(c1ccco1)N1CCC(N2CCCC2)C1. The van der Waals surface area contributed by atoms with Crippen LogP contribution in [0.1, 0.15) is 38.0 Å². The van der Waals surface area contributed by atoms with E-state index in [0.717, 1.165) is 24.9 Å². The van der Waals surface area contributed by atoms with Gasteiger partial charge in [0.15, 0.2) is 0 Å². The van der Waals surface area contributed by atoms with Gasteiger partial charge >= 0.3 is 0 Å². The summed E-state index contributed by atoms with van der Waals surface area (Å²) in [5, 5.41) is 0. The molecule has 0 saturated carbocycles. The highest BCUT2D eigenvalue weighted by molar-refractivity contribution is 5.08. The Balaban J connectivity index is 1.67. The summed E-state index contributed by atoms with van der Waals surface area (Å²) in [6.45, 7) is 6.90. The van der Waals surface area contributed by atoms with Crippen LogP contribution in [0.5, 0.6) is 0 Å². The number of furan rings is 1. The van der Waals surface area contributed by atoms with Crippen molar-refractivity contribution in [2.75, 3.05) is 26.2 Å². The molecule has 0 amide bonds. The number of rotatable bonds is 4. The van der Waals surface area contributed by atoms with E-state index in [-0.39, 0.29) is 12.1 Å². The Labute approximate surface area is 115 Å². The molecule has 2 N–H and O–H groups in total. The van der Waals surface area contributed by atoms with Crippen LogP contribution in [0.4, 0.5) is 0 Å². The van der Waals surface area contributed by atoms with E-state index in [9.17, 15) is 0 Å². The summed E-state index contributed by atoms with van der Waals surface area (Å²) in [5.74, 6) is 1.01. The Morgan fingerprint density at radius 1 is 1.32 bits per heavy atom. The second kappa shape index (κ2) is 5.65. The lowest BCUT2D eigenvalue weighted by atomic mass is 10.1. The second-order valence-electron chi connectivity index (χ2n) is 6.00. The molecule has 19 heavy (non-hydrogen) atoms. The highest BCUT2D eigenvalue weighted by Gasteiger charge is 2.35. The molecule has 1 aromatic rings. The lowest BCUT2D eigenvalue weighted by Crippen LogP contribution is -2.41. The van der Waals surface area contributed by atoms with Gasteiger partial charge in [0.25, 0.3) is 0 Å². The molecule has 0 spiro atoms. The first-order chi connectivity index (χ1) is 9.25. The zero-order valence-corrected chi connectivity index (χ0v) is 11.8. The van der Waals surface area contributed by atoms with Gasteiger partial charge in [0.1, 0.15) is 5.76 Å². The molecule has 3 atom stereocenters. The van der Waals surface area contributed by atoms with Gasteiger partial charge in [-0.05, 0) is 51.4 Å². The van der Waals surface area contributed by atoms with Gasteiger partial charge in [-0.25, -0.2) is 0 Å². The fraction of sp³-hybridized carbons (Fsp3) is 0.733. The molecule has 4 heteroatoms. The quantitative estimate of drug-likeness (QED) is 0.900. The molecule has 3 heterocycles. The van der Waals surface area contributed by atoms with E-state index >= 15 is 0 Å². The van der Waals surface area contributed by atoms with E-state index in [1.165, 1.54) is 32.4 Å². The zero-order chi connectivity index (χ0) is 13.2. The Kier molecular flexibility index (Phi) is 3.91. The van der Waals surface area contributed by atoms with Gasteiger partial charge < -0.3 is 10.2 Å². The Morgan fingerprint density at radius 2 is 2.11 bits per heavy atom. The van der Waals surface area contributed by atoms with Crippen molar-refractivity contribution >= 4 is 0 Å². The van der Waals surface area contributed by atoms with Crippen molar-refractivity contribution in [1.82, 2.24) is 9.80 Å². The van der Waals surface area contributed by atoms with Crippen molar-refractivity contribution in [3.05, 3.63) is 24.2 Å². The van der Waals surface area contributed by atoms with Crippen molar-refractivity contribution in [3.8, 4) is 0 Å². The minimum Gasteiger partial charge on any atom is -0.468 e. The Morgan fingerprint density at radius 3 is 2.74 bits per heavy atom. The minimum atomic E-state index is 0.100. The maximum atomic E-state index is 6.19. The van der Waals surface area contributed by atoms with Gasteiger partial charge in [0.2, 0.25) is 0 Å². The van der Waals surface area contributed by atoms with Crippen LogP contribution < -0.4 is 5.73 Å². The van der Waals surface area contributed by atoms with Gasteiger partial charge in [-0.2, -0.15) is 0 Å². The Bertz CT molecular complexity index is 384. The van der Waals surface area contributed by atoms with Crippen LogP contribution in [-0.2, 0) is 0 Å². The van der Waals surface area contributed by atoms with Gasteiger partial charge in [0, 0.05) is 25.2 Å². The first-order valence-electron chi connectivity index (χ1n) is 7.53. The molecule has 4 nitrogen and oxygen atoms in total. The van der Waals surface area contributed by atoms with Crippen molar-refractivity contribution in [2.45, 2.75) is 44.3 Å². The topological polar surface area (TPSA) is 45.6 Å². The van der Waals surface area contributed by atoms with E-state index in [1.54, 1.807) is 6.26 Å². The van der Waals surface area contributed by atoms with Crippen LogP contribution in [0.25, 0.3) is 0 Å². The van der Waals surface area contributed by atoms with Crippen molar-refractivity contribution in [1.29, 1.82) is 0 Å². The third-order valence-electron chi connectivity index (χ3n) is 4.58. The molecule has 2 fully saturated rings. The molecule has 3 unspecified atom stereocenters. The van der Waals surface area contributed by atoms with Gasteiger partial charge in [0.05, 0.1) is 12.3 Å². The fourth-order valence-electron chi connectivity index (χ4n) is 3.66. The van der Waals surface area contributed by atoms with Crippen LogP contribution in [0, 0.1) is 0 Å². The lowest BCUT2D eigenvalue weighted by Gasteiger charge is -2.30. The van der Waals surface area contributed by atoms with Crippen LogP contribution >= 0.6 is 0 Å². The van der Waals surface area contributed by atoms with Gasteiger partial charge in [-0.15, -0.1) is 0 Å². The number of hydrogen-bond donors (Lipinski definition) is 1. The average molecular weight is 263 g/mol. The summed E-state index contributed by atoms with van der Waals surface area (Å²) < 4.78 is 5.59. The summed E-state index contributed by atoms with van der Waals surface area (Å²) in [7, 11) is 0. The molecule has 0 radical (unpaired) electrons. The van der Waals surface area contributed by atoms with E-state index in [0.29, 0.717) is 0 Å². The molecule has 0 bridgehead atoms. The molecule has 3 rings (SSSR count). The highest BCUT2D eigenvalue weighted by Crippen LogP contribution is 2.30. The van der Waals surface area contributed by atoms with Crippen LogP contribution in [0.2, 0.25) is 0 Å². The third kappa shape index (κ3) is 2.71. The van der Waals surface area contributed by atoms with Crippen LogP contribution in [0.3, 0.4) is 0 Å². The van der Waals surface area contributed by atoms with Gasteiger partial charge in [-0.1, -0.05) is 0 Å². The molecular weight excluding hydrogens is 238 g/mol. The van der Waals surface area contributed by atoms with Crippen molar-refractivity contribution in [3.63, 3.8) is 0 Å². The second-order valence-corrected chi connectivity index (χ2v) is 6.00. The van der Waals surface area contributed by atoms with Crippen molar-refractivity contribution < 1.29 is 4.42 Å². The third-order valence-corrected chi connectivity index (χ3v) is 4.58. The molecule has 2 aliphatic rings. The first kappa shape index (κ1) is 13.2. The summed E-state index contributed by atoms with van der Waals surface area (Å²) >= 11 is 0. The maximum Gasteiger partial charge on any atom is 0.122 e. The number of nitrogens with two attached hydrogens (primary N) is 1. The molecular formula is C15H25N3O. The number of likely N-dealkylation sites (tertiary alicyclic amines) is 2. The maximum absolute atomic E-state index is 6.19. The van der Waals surface area contributed by atoms with Crippen LogP contribution in [-0.4, -0.2) is 48.1 Å². The van der Waals surface area contributed by atoms with Crippen molar-refractivity contribution in [2.24, 2.45) is 5.73 Å². The predicted molar refractivity (Wildman–Crippen MR) is 75.9 cm³/mol. The lowest BCUT2D eigenvalue weighted by molar-refractivity contribution is 0.167.